The van der Waals surface area contributed by atoms with Crippen LogP contribution in [0.25, 0.3) is 0 Å². The van der Waals surface area contributed by atoms with Crippen molar-refractivity contribution in [1.29, 1.82) is 0 Å². The third-order valence-electron chi connectivity index (χ3n) is 7.16. The monoisotopic (exact) mass is 372 g/mol. The predicted molar refractivity (Wildman–Crippen MR) is 105 cm³/mol. The Balaban J connectivity index is 1.39. The van der Waals surface area contributed by atoms with Gasteiger partial charge in [0.1, 0.15) is 18.0 Å². The summed E-state index contributed by atoms with van der Waals surface area (Å²) in [5, 5.41) is 0. The summed E-state index contributed by atoms with van der Waals surface area (Å²) in [4.78, 5) is 14.3. The molecule has 0 aromatic carbocycles. The van der Waals surface area contributed by atoms with Gasteiger partial charge < -0.3 is 19.3 Å². The van der Waals surface area contributed by atoms with Crippen LogP contribution in [0.2, 0.25) is 0 Å². The molecule has 27 heavy (non-hydrogen) atoms. The van der Waals surface area contributed by atoms with Crippen LogP contribution < -0.4 is 9.80 Å². The highest BCUT2D eigenvalue weighted by Crippen LogP contribution is 2.40. The summed E-state index contributed by atoms with van der Waals surface area (Å²) in [6.45, 7) is 7.59. The molecule has 6 nitrogen and oxygen atoms in total. The molecule has 2 spiro atoms. The van der Waals surface area contributed by atoms with E-state index in [1.54, 1.807) is 6.33 Å². The lowest BCUT2D eigenvalue weighted by atomic mass is 9.99. The fourth-order valence-corrected chi connectivity index (χ4v) is 5.76. The van der Waals surface area contributed by atoms with Crippen LogP contribution in [0.15, 0.2) is 6.33 Å². The molecule has 0 unspecified atom stereocenters. The molecule has 1 aromatic rings. The van der Waals surface area contributed by atoms with Crippen LogP contribution in [-0.2, 0) is 9.47 Å². The molecule has 4 aliphatic rings. The van der Waals surface area contributed by atoms with E-state index in [-0.39, 0.29) is 11.2 Å². The first-order valence-electron chi connectivity index (χ1n) is 10.8. The van der Waals surface area contributed by atoms with E-state index in [4.69, 9.17) is 19.4 Å². The molecule has 148 valence electrons. The third kappa shape index (κ3) is 3.21. The zero-order valence-electron chi connectivity index (χ0n) is 16.6. The molecule has 0 amide bonds. The van der Waals surface area contributed by atoms with Crippen molar-refractivity contribution < 1.29 is 9.47 Å². The molecule has 2 aliphatic carbocycles. The average molecular weight is 373 g/mol. The van der Waals surface area contributed by atoms with Crippen LogP contribution in [0, 0.1) is 6.92 Å². The molecule has 3 heterocycles. The number of rotatable bonds is 2. The zero-order valence-corrected chi connectivity index (χ0v) is 16.6. The lowest BCUT2D eigenvalue weighted by molar-refractivity contribution is -0.0505. The minimum Gasteiger partial charge on any atom is -0.371 e. The summed E-state index contributed by atoms with van der Waals surface area (Å²) < 4.78 is 12.4. The van der Waals surface area contributed by atoms with Gasteiger partial charge in [-0.1, -0.05) is 25.7 Å². The van der Waals surface area contributed by atoms with E-state index in [9.17, 15) is 0 Å². The highest BCUT2D eigenvalue weighted by atomic mass is 16.5. The summed E-state index contributed by atoms with van der Waals surface area (Å²) in [6.07, 6.45) is 11.7. The second-order valence-electron chi connectivity index (χ2n) is 8.97. The van der Waals surface area contributed by atoms with Gasteiger partial charge in [-0.3, -0.25) is 0 Å². The number of nitrogens with zero attached hydrogens (tertiary/aromatic N) is 4. The Labute approximate surface area is 162 Å². The van der Waals surface area contributed by atoms with Crippen LogP contribution in [0.1, 0.15) is 56.9 Å². The molecule has 5 rings (SSSR count). The van der Waals surface area contributed by atoms with Crippen molar-refractivity contribution >= 4 is 11.6 Å². The number of hydrogen-bond acceptors (Lipinski definition) is 6. The Morgan fingerprint density at radius 2 is 1.22 bits per heavy atom. The smallest absolute Gasteiger partial charge is 0.137 e. The first-order chi connectivity index (χ1) is 13.2. The Bertz CT molecular complexity index is 629. The van der Waals surface area contributed by atoms with E-state index in [2.05, 4.69) is 16.7 Å². The Kier molecular flexibility index (Phi) is 4.51. The van der Waals surface area contributed by atoms with E-state index in [0.29, 0.717) is 0 Å². The molecule has 0 N–H and O–H groups in total. The molecule has 0 radical (unpaired) electrons. The predicted octanol–water partition coefficient (Wildman–Crippen LogP) is 3.08. The normalized spacial score (nSPS) is 27.0. The fraction of sp³-hybridized carbons (Fsp3) is 0.810. The minimum atomic E-state index is 0.0582. The van der Waals surface area contributed by atoms with Crippen molar-refractivity contribution in [3.05, 3.63) is 11.9 Å². The van der Waals surface area contributed by atoms with Crippen LogP contribution in [0.5, 0.6) is 0 Å². The van der Waals surface area contributed by atoms with Gasteiger partial charge in [-0.2, -0.15) is 0 Å². The quantitative estimate of drug-likeness (QED) is 0.795. The van der Waals surface area contributed by atoms with Crippen molar-refractivity contribution in [2.75, 3.05) is 49.2 Å². The first kappa shape index (κ1) is 17.7. The van der Waals surface area contributed by atoms with Crippen molar-refractivity contribution in [2.45, 2.75) is 69.5 Å². The summed E-state index contributed by atoms with van der Waals surface area (Å²) >= 11 is 0. The maximum absolute atomic E-state index is 6.22. The number of ether oxygens (including phenoxy) is 2. The number of anilines is 2. The van der Waals surface area contributed by atoms with Gasteiger partial charge in [-0.25, -0.2) is 9.97 Å². The molecular formula is C21H32N4O2. The lowest BCUT2D eigenvalue weighted by Crippen LogP contribution is -2.52. The number of hydrogen-bond donors (Lipinski definition) is 0. The van der Waals surface area contributed by atoms with Gasteiger partial charge in [0.25, 0.3) is 0 Å². The highest BCUT2D eigenvalue weighted by Gasteiger charge is 2.42. The summed E-state index contributed by atoms with van der Waals surface area (Å²) in [5.74, 6) is 2.20. The molecular weight excluding hydrogens is 340 g/mol. The molecule has 2 saturated carbocycles. The Morgan fingerprint density at radius 1 is 0.778 bits per heavy atom. The summed E-state index contributed by atoms with van der Waals surface area (Å²) in [6, 6.07) is 0. The molecule has 1 aromatic heterocycles. The summed E-state index contributed by atoms with van der Waals surface area (Å²) in [5.41, 5.74) is 1.33. The standard InChI is InChI=1S/C21H32N4O2/c1-17-18(24-10-12-26-20(14-24)6-2-3-7-20)22-16-23-19(17)25-11-13-27-21(15-25)8-4-5-9-21/h16H,2-15H2,1H3. The highest BCUT2D eigenvalue weighted by molar-refractivity contribution is 5.60. The first-order valence-corrected chi connectivity index (χ1v) is 10.8. The van der Waals surface area contributed by atoms with E-state index < -0.39 is 0 Å². The third-order valence-corrected chi connectivity index (χ3v) is 7.16. The Hall–Kier alpha value is -1.40. The maximum Gasteiger partial charge on any atom is 0.137 e. The van der Waals surface area contributed by atoms with E-state index in [1.807, 2.05) is 0 Å². The molecule has 6 heteroatoms. The number of morpholine rings is 2. The SMILES string of the molecule is Cc1c(N2CCOC3(CCCC3)C2)ncnc1N1CCOC2(CCCC2)C1. The number of aromatic nitrogens is 2. The zero-order chi connectivity index (χ0) is 18.3. The van der Waals surface area contributed by atoms with Crippen molar-refractivity contribution in [3.63, 3.8) is 0 Å². The van der Waals surface area contributed by atoms with Gasteiger partial charge in [-0.05, 0) is 32.6 Å². The van der Waals surface area contributed by atoms with Crippen LogP contribution >= 0.6 is 0 Å². The second-order valence-corrected chi connectivity index (χ2v) is 8.97. The van der Waals surface area contributed by atoms with Gasteiger partial charge in [0, 0.05) is 31.7 Å². The van der Waals surface area contributed by atoms with E-state index >= 15 is 0 Å². The van der Waals surface area contributed by atoms with E-state index in [0.717, 1.165) is 51.0 Å². The van der Waals surface area contributed by atoms with Gasteiger partial charge >= 0.3 is 0 Å². The molecule has 2 aliphatic heterocycles. The fourth-order valence-electron chi connectivity index (χ4n) is 5.76. The average Bonchev–Trinajstić information content (AvgIpc) is 3.32. The lowest BCUT2D eigenvalue weighted by Gasteiger charge is -2.43. The van der Waals surface area contributed by atoms with Crippen LogP contribution in [-0.4, -0.2) is 60.6 Å². The van der Waals surface area contributed by atoms with Crippen molar-refractivity contribution in [3.8, 4) is 0 Å². The molecule has 4 fully saturated rings. The van der Waals surface area contributed by atoms with Crippen molar-refractivity contribution in [2.24, 2.45) is 0 Å². The minimum absolute atomic E-state index is 0.0582. The van der Waals surface area contributed by atoms with Gasteiger partial charge in [0.15, 0.2) is 0 Å². The van der Waals surface area contributed by atoms with Crippen LogP contribution in [0.3, 0.4) is 0 Å². The van der Waals surface area contributed by atoms with Crippen molar-refractivity contribution in [1.82, 2.24) is 9.97 Å². The van der Waals surface area contributed by atoms with Crippen LogP contribution in [0.4, 0.5) is 11.6 Å². The van der Waals surface area contributed by atoms with Gasteiger partial charge in [0.05, 0.1) is 24.4 Å². The largest absolute Gasteiger partial charge is 0.371 e. The van der Waals surface area contributed by atoms with Gasteiger partial charge in [0.2, 0.25) is 0 Å². The summed E-state index contributed by atoms with van der Waals surface area (Å²) in [7, 11) is 0. The Morgan fingerprint density at radius 3 is 1.67 bits per heavy atom. The molecule has 2 saturated heterocycles. The van der Waals surface area contributed by atoms with E-state index in [1.165, 1.54) is 56.9 Å². The topological polar surface area (TPSA) is 50.7 Å². The van der Waals surface area contributed by atoms with Gasteiger partial charge in [-0.15, -0.1) is 0 Å². The molecule has 0 bridgehead atoms. The second kappa shape index (κ2) is 6.89. The maximum atomic E-state index is 6.22. The molecule has 0 atom stereocenters.